The Kier molecular flexibility index (Phi) is 7.05. The van der Waals surface area contributed by atoms with Crippen LogP contribution < -0.4 is 20.1 Å². The monoisotopic (exact) mass is 412 g/mol. The van der Waals surface area contributed by atoms with Crippen molar-refractivity contribution in [1.82, 2.24) is 0 Å². The highest BCUT2D eigenvalue weighted by Gasteiger charge is 2.16. The summed E-state index contributed by atoms with van der Waals surface area (Å²) in [5.74, 6) is 1.52. The van der Waals surface area contributed by atoms with E-state index in [1.54, 1.807) is 0 Å². The number of carbonyl (C=O) groups excluding carboxylic acids is 1. The number of nitrogens with one attached hydrogen (secondary N) is 2. The fraction of sp³-hybridized carbons (Fsp3) is 0.435. The maximum absolute atomic E-state index is 12.2. The molecule has 0 bridgehead atoms. The molecule has 30 heavy (non-hydrogen) atoms. The lowest BCUT2D eigenvalue weighted by atomic mass is 10.2. The highest BCUT2D eigenvalue weighted by molar-refractivity contribution is 5.99. The first-order valence-corrected chi connectivity index (χ1v) is 10.5. The number of carbonyl (C=O) groups is 1. The molecule has 0 aromatic heterocycles. The van der Waals surface area contributed by atoms with Gasteiger partial charge in [-0.25, -0.2) is 4.79 Å². The van der Waals surface area contributed by atoms with Crippen molar-refractivity contribution in [3.8, 4) is 11.5 Å². The topological polar surface area (TPSA) is 78.1 Å². The van der Waals surface area contributed by atoms with Gasteiger partial charge in [-0.05, 0) is 74.2 Å². The predicted octanol–water partition coefficient (Wildman–Crippen LogP) is 4.45. The van der Waals surface area contributed by atoms with E-state index in [1.807, 2.05) is 48.5 Å². The molecule has 0 radical (unpaired) electrons. The molecule has 0 spiro atoms. The molecular formula is C23H28N2O5. The third-order valence-electron chi connectivity index (χ3n) is 5.14. The van der Waals surface area contributed by atoms with Crippen LogP contribution in [0.25, 0.3) is 0 Å². The van der Waals surface area contributed by atoms with Gasteiger partial charge in [0.1, 0.15) is 24.7 Å². The summed E-state index contributed by atoms with van der Waals surface area (Å²) in [6, 6.07) is 14.3. The molecule has 160 valence electrons. The van der Waals surface area contributed by atoms with Crippen molar-refractivity contribution in [3.63, 3.8) is 0 Å². The average Bonchev–Trinajstić information content (AvgIpc) is 3.47. The van der Waals surface area contributed by atoms with Crippen LogP contribution in [-0.4, -0.2) is 44.7 Å². The van der Waals surface area contributed by atoms with Crippen molar-refractivity contribution in [1.29, 1.82) is 0 Å². The third kappa shape index (κ3) is 6.11. The molecular weight excluding hydrogens is 384 g/mol. The van der Waals surface area contributed by atoms with Crippen molar-refractivity contribution in [3.05, 3.63) is 48.5 Å². The highest BCUT2D eigenvalue weighted by Crippen LogP contribution is 2.20. The lowest BCUT2D eigenvalue weighted by molar-refractivity contribution is 0.0679. The molecule has 4 rings (SSSR count). The molecule has 7 heteroatoms. The van der Waals surface area contributed by atoms with E-state index in [4.69, 9.17) is 18.9 Å². The van der Waals surface area contributed by atoms with Crippen LogP contribution in [0.4, 0.5) is 16.2 Å². The maximum atomic E-state index is 12.2. The first kappa shape index (κ1) is 20.5. The van der Waals surface area contributed by atoms with E-state index in [9.17, 15) is 4.79 Å². The minimum absolute atomic E-state index is 0.182. The summed E-state index contributed by atoms with van der Waals surface area (Å²) >= 11 is 0. The van der Waals surface area contributed by atoms with Gasteiger partial charge in [0.25, 0.3) is 0 Å². The molecule has 2 heterocycles. The van der Waals surface area contributed by atoms with Gasteiger partial charge in [-0.15, -0.1) is 0 Å². The number of urea groups is 1. The molecule has 2 aromatic carbocycles. The van der Waals surface area contributed by atoms with Gasteiger partial charge in [0.2, 0.25) is 0 Å². The van der Waals surface area contributed by atoms with Crippen molar-refractivity contribution < 1.29 is 23.7 Å². The van der Waals surface area contributed by atoms with Gasteiger partial charge in [0, 0.05) is 24.6 Å². The molecule has 2 saturated heterocycles. The van der Waals surface area contributed by atoms with E-state index in [1.165, 1.54) is 0 Å². The highest BCUT2D eigenvalue weighted by atomic mass is 16.5. The number of hydrogen-bond acceptors (Lipinski definition) is 5. The van der Waals surface area contributed by atoms with Crippen LogP contribution in [-0.2, 0) is 9.47 Å². The van der Waals surface area contributed by atoms with Crippen LogP contribution in [0.1, 0.15) is 25.7 Å². The van der Waals surface area contributed by atoms with Crippen LogP contribution >= 0.6 is 0 Å². The summed E-state index contributed by atoms with van der Waals surface area (Å²) in [6.07, 6.45) is 4.64. The number of hydrogen-bond donors (Lipinski definition) is 2. The molecule has 2 N–H and O–H groups in total. The van der Waals surface area contributed by atoms with Gasteiger partial charge >= 0.3 is 6.03 Å². The largest absolute Gasteiger partial charge is 0.491 e. The Morgan fingerprint density at radius 3 is 1.57 bits per heavy atom. The van der Waals surface area contributed by atoms with Crippen LogP contribution in [0.2, 0.25) is 0 Å². The normalized spacial score (nSPS) is 20.7. The second-order valence-electron chi connectivity index (χ2n) is 7.52. The Morgan fingerprint density at radius 1 is 0.767 bits per heavy atom. The molecule has 2 atom stereocenters. The molecule has 2 amide bonds. The Balaban J connectivity index is 1.19. The number of rotatable bonds is 8. The second-order valence-corrected chi connectivity index (χ2v) is 7.52. The number of ether oxygens (including phenoxy) is 4. The van der Waals surface area contributed by atoms with Crippen molar-refractivity contribution in [2.45, 2.75) is 37.9 Å². The Bertz CT molecular complexity index is 730. The summed E-state index contributed by atoms with van der Waals surface area (Å²) < 4.78 is 22.6. The third-order valence-corrected chi connectivity index (χ3v) is 5.14. The number of benzene rings is 2. The minimum atomic E-state index is -0.309. The van der Waals surface area contributed by atoms with E-state index in [2.05, 4.69) is 10.6 Å². The lowest BCUT2D eigenvalue weighted by Crippen LogP contribution is -2.19. The van der Waals surface area contributed by atoms with E-state index >= 15 is 0 Å². The molecule has 0 unspecified atom stereocenters. The lowest BCUT2D eigenvalue weighted by Gasteiger charge is -2.13. The SMILES string of the molecule is O=C(Nc1ccc(OC[C@@H]2CCCO2)cc1)Nc1ccc(OC[C@@H]2CCCO2)cc1. The minimum Gasteiger partial charge on any atom is -0.491 e. The Hall–Kier alpha value is -2.77. The van der Waals surface area contributed by atoms with Crippen LogP contribution in [0.15, 0.2) is 48.5 Å². The molecule has 2 aliphatic rings. The van der Waals surface area contributed by atoms with Gasteiger partial charge in [-0.3, -0.25) is 0 Å². The van der Waals surface area contributed by atoms with E-state index < -0.39 is 0 Å². The smallest absolute Gasteiger partial charge is 0.323 e. The summed E-state index contributed by atoms with van der Waals surface area (Å²) in [5, 5.41) is 5.63. The summed E-state index contributed by atoms with van der Waals surface area (Å²) in [4.78, 5) is 12.2. The zero-order valence-corrected chi connectivity index (χ0v) is 17.0. The van der Waals surface area contributed by atoms with Crippen LogP contribution in [0.5, 0.6) is 11.5 Å². The average molecular weight is 412 g/mol. The van der Waals surface area contributed by atoms with Gasteiger partial charge < -0.3 is 29.6 Å². The summed E-state index contributed by atoms with van der Waals surface area (Å²) in [7, 11) is 0. The number of amides is 2. The molecule has 0 saturated carbocycles. The van der Waals surface area contributed by atoms with Crippen molar-refractivity contribution in [2.75, 3.05) is 37.1 Å². The molecule has 2 fully saturated rings. The molecule has 0 aliphatic carbocycles. The first-order valence-electron chi connectivity index (χ1n) is 10.5. The van der Waals surface area contributed by atoms with Crippen LogP contribution in [0.3, 0.4) is 0 Å². The quantitative estimate of drug-likeness (QED) is 0.670. The molecule has 2 aliphatic heterocycles. The Morgan fingerprint density at radius 2 is 1.20 bits per heavy atom. The van der Waals surface area contributed by atoms with Gasteiger partial charge in [0.15, 0.2) is 0 Å². The van der Waals surface area contributed by atoms with Crippen LogP contribution in [0, 0.1) is 0 Å². The zero-order chi connectivity index (χ0) is 20.6. The van der Waals surface area contributed by atoms with E-state index in [0.29, 0.717) is 24.6 Å². The molecule has 7 nitrogen and oxygen atoms in total. The van der Waals surface area contributed by atoms with Crippen molar-refractivity contribution >= 4 is 17.4 Å². The molecule has 2 aromatic rings. The predicted molar refractivity (Wildman–Crippen MR) is 114 cm³/mol. The van der Waals surface area contributed by atoms with Crippen molar-refractivity contribution in [2.24, 2.45) is 0 Å². The summed E-state index contributed by atoms with van der Waals surface area (Å²) in [5.41, 5.74) is 1.38. The van der Waals surface area contributed by atoms with E-state index in [0.717, 1.165) is 50.4 Å². The Labute approximate surface area is 176 Å². The zero-order valence-electron chi connectivity index (χ0n) is 17.0. The maximum Gasteiger partial charge on any atom is 0.323 e. The standard InChI is InChI=1S/C23H28N2O5/c26-23(24-17-5-9-19(10-6-17)29-15-21-3-1-13-27-21)25-18-7-11-20(12-8-18)30-16-22-4-2-14-28-22/h5-12,21-22H,1-4,13-16H2,(H2,24,25,26)/t21-,22-/m0/s1. The van der Waals surface area contributed by atoms with Gasteiger partial charge in [-0.1, -0.05) is 0 Å². The fourth-order valence-electron chi connectivity index (χ4n) is 3.49. The fourth-order valence-corrected chi connectivity index (χ4v) is 3.49. The summed E-state index contributed by atoms with van der Waals surface area (Å²) in [6.45, 7) is 2.75. The van der Waals surface area contributed by atoms with Gasteiger partial charge in [-0.2, -0.15) is 0 Å². The second kappa shape index (κ2) is 10.3. The number of anilines is 2. The van der Waals surface area contributed by atoms with E-state index in [-0.39, 0.29) is 18.2 Å². The first-order chi connectivity index (χ1) is 14.7. The van der Waals surface area contributed by atoms with Gasteiger partial charge in [0.05, 0.1) is 12.2 Å².